The first-order chi connectivity index (χ1) is 11.6. The minimum absolute atomic E-state index is 0.0345. The molecule has 1 aromatic carbocycles. The molecule has 0 aromatic heterocycles. The van der Waals surface area contributed by atoms with Crippen molar-refractivity contribution in [2.24, 2.45) is 5.92 Å². The lowest BCUT2D eigenvalue weighted by molar-refractivity contribution is -0.151. The van der Waals surface area contributed by atoms with Gasteiger partial charge in [-0.15, -0.1) is 0 Å². The SMILES string of the molecule is N#CCN1CCN(CC(=O)C(O)(c2ccccc2)C2CCC2)CC1. The topological polar surface area (TPSA) is 67.6 Å². The summed E-state index contributed by atoms with van der Waals surface area (Å²) in [5, 5.41) is 20.1. The quantitative estimate of drug-likeness (QED) is 0.800. The third kappa shape index (κ3) is 3.36. The number of benzene rings is 1. The Hall–Kier alpha value is -1.74. The van der Waals surface area contributed by atoms with Crippen LogP contribution in [0.15, 0.2) is 30.3 Å². The van der Waals surface area contributed by atoms with Crippen molar-refractivity contribution in [2.45, 2.75) is 24.9 Å². The van der Waals surface area contributed by atoms with Gasteiger partial charge in [-0.3, -0.25) is 14.6 Å². The van der Waals surface area contributed by atoms with E-state index in [1.807, 2.05) is 30.3 Å². The van der Waals surface area contributed by atoms with Crippen LogP contribution in [-0.2, 0) is 10.4 Å². The number of hydrogen-bond donors (Lipinski definition) is 1. The minimum Gasteiger partial charge on any atom is -0.377 e. The number of hydrogen-bond acceptors (Lipinski definition) is 5. The number of piperazine rings is 1. The molecule has 1 saturated carbocycles. The lowest BCUT2D eigenvalue weighted by Crippen LogP contribution is -2.53. The highest BCUT2D eigenvalue weighted by molar-refractivity contribution is 5.90. The van der Waals surface area contributed by atoms with E-state index in [2.05, 4.69) is 15.9 Å². The molecule has 1 saturated heterocycles. The van der Waals surface area contributed by atoms with Gasteiger partial charge in [0.05, 0.1) is 19.2 Å². The van der Waals surface area contributed by atoms with Gasteiger partial charge in [0, 0.05) is 26.2 Å². The van der Waals surface area contributed by atoms with E-state index in [1.54, 1.807) is 0 Å². The number of aliphatic hydroxyl groups is 1. The van der Waals surface area contributed by atoms with Crippen LogP contribution in [0.4, 0.5) is 0 Å². The van der Waals surface area contributed by atoms with Crippen LogP contribution in [0.2, 0.25) is 0 Å². The van der Waals surface area contributed by atoms with Crippen molar-refractivity contribution in [1.82, 2.24) is 9.80 Å². The molecule has 3 rings (SSSR count). The minimum atomic E-state index is -1.36. The summed E-state index contributed by atoms with van der Waals surface area (Å²) >= 11 is 0. The van der Waals surface area contributed by atoms with E-state index in [-0.39, 0.29) is 18.2 Å². The number of carbonyl (C=O) groups is 1. The fourth-order valence-electron chi connectivity index (χ4n) is 3.67. The van der Waals surface area contributed by atoms with Gasteiger partial charge in [0.25, 0.3) is 0 Å². The lowest BCUT2D eigenvalue weighted by atomic mass is 9.67. The second-order valence-corrected chi connectivity index (χ2v) is 6.89. The average molecular weight is 327 g/mol. The predicted octanol–water partition coefficient (Wildman–Crippen LogP) is 1.38. The van der Waals surface area contributed by atoms with Crippen molar-refractivity contribution in [3.05, 3.63) is 35.9 Å². The van der Waals surface area contributed by atoms with Crippen LogP contribution in [0.5, 0.6) is 0 Å². The summed E-state index contributed by atoms with van der Waals surface area (Å²) in [6.07, 6.45) is 2.90. The van der Waals surface area contributed by atoms with Gasteiger partial charge in [0.15, 0.2) is 11.4 Å². The smallest absolute Gasteiger partial charge is 0.183 e. The molecule has 1 atom stereocenters. The molecule has 1 aliphatic carbocycles. The molecule has 24 heavy (non-hydrogen) atoms. The second-order valence-electron chi connectivity index (χ2n) is 6.89. The number of carbonyl (C=O) groups excluding carboxylic acids is 1. The fraction of sp³-hybridized carbons (Fsp3) is 0.579. The molecule has 2 fully saturated rings. The first-order valence-electron chi connectivity index (χ1n) is 8.77. The van der Waals surface area contributed by atoms with E-state index in [0.29, 0.717) is 6.54 Å². The maximum absolute atomic E-state index is 13.0. The number of ketones is 1. The van der Waals surface area contributed by atoms with Crippen LogP contribution in [0.1, 0.15) is 24.8 Å². The molecular weight excluding hydrogens is 302 g/mol. The highest BCUT2D eigenvalue weighted by Crippen LogP contribution is 2.43. The van der Waals surface area contributed by atoms with Crippen LogP contribution in [0, 0.1) is 17.2 Å². The van der Waals surface area contributed by atoms with Crippen molar-refractivity contribution in [3.8, 4) is 6.07 Å². The van der Waals surface area contributed by atoms with Crippen molar-refractivity contribution >= 4 is 5.78 Å². The molecular formula is C19H25N3O2. The van der Waals surface area contributed by atoms with E-state index < -0.39 is 5.60 Å². The van der Waals surface area contributed by atoms with E-state index in [1.165, 1.54) is 0 Å². The molecule has 0 spiro atoms. The van der Waals surface area contributed by atoms with E-state index in [4.69, 9.17) is 5.26 Å². The zero-order chi connectivity index (χ0) is 17.0. The van der Waals surface area contributed by atoms with Gasteiger partial charge >= 0.3 is 0 Å². The van der Waals surface area contributed by atoms with Crippen LogP contribution in [0.3, 0.4) is 0 Å². The summed E-state index contributed by atoms with van der Waals surface area (Å²) in [5.74, 6) is -0.0561. The highest BCUT2D eigenvalue weighted by atomic mass is 16.3. The molecule has 0 amide bonds. The maximum atomic E-state index is 13.0. The Morgan fingerprint density at radius 1 is 1.17 bits per heavy atom. The van der Waals surface area contributed by atoms with E-state index in [0.717, 1.165) is 51.0 Å². The van der Waals surface area contributed by atoms with Gasteiger partial charge in [-0.25, -0.2) is 0 Å². The number of rotatable bonds is 6. The summed E-state index contributed by atoms with van der Waals surface area (Å²) < 4.78 is 0. The summed E-state index contributed by atoms with van der Waals surface area (Å²) in [6.45, 7) is 3.86. The Morgan fingerprint density at radius 3 is 2.33 bits per heavy atom. The number of Topliss-reactive ketones (excluding diaryl/α,β-unsaturated/α-hetero) is 1. The van der Waals surface area contributed by atoms with Crippen LogP contribution >= 0.6 is 0 Å². The fourth-order valence-corrected chi connectivity index (χ4v) is 3.67. The summed E-state index contributed by atoms with van der Waals surface area (Å²) in [5.41, 5.74) is -0.633. The molecule has 0 radical (unpaired) electrons. The van der Waals surface area contributed by atoms with Gasteiger partial charge in [-0.2, -0.15) is 5.26 Å². The molecule has 1 unspecified atom stereocenters. The predicted molar refractivity (Wildman–Crippen MR) is 91.2 cm³/mol. The third-order valence-electron chi connectivity index (χ3n) is 5.46. The summed E-state index contributed by atoms with van der Waals surface area (Å²) in [7, 11) is 0. The Kier molecular flexibility index (Phi) is 5.30. The Bertz CT molecular complexity index is 601. The van der Waals surface area contributed by atoms with Gasteiger partial charge < -0.3 is 5.11 Å². The number of nitriles is 1. The van der Waals surface area contributed by atoms with Crippen LogP contribution < -0.4 is 0 Å². The first kappa shape index (κ1) is 17.1. The Labute approximate surface area is 143 Å². The number of nitrogens with zero attached hydrogens (tertiary/aromatic N) is 3. The molecule has 0 bridgehead atoms. The van der Waals surface area contributed by atoms with Crippen LogP contribution in [0.25, 0.3) is 0 Å². The molecule has 2 aliphatic rings. The molecule has 128 valence electrons. The normalized spacial score (nSPS) is 22.3. The molecule has 1 aromatic rings. The Morgan fingerprint density at radius 2 is 1.79 bits per heavy atom. The molecule has 5 heteroatoms. The van der Waals surface area contributed by atoms with E-state index in [9.17, 15) is 9.90 Å². The third-order valence-corrected chi connectivity index (χ3v) is 5.46. The van der Waals surface area contributed by atoms with Crippen LogP contribution in [-0.4, -0.2) is 60.0 Å². The highest BCUT2D eigenvalue weighted by Gasteiger charge is 2.47. The maximum Gasteiger partial charge on any atom is 0.183 e. The van der Waals surface area contributed by atoms with Crippen molar-refractivity contribution in [1.29, 1.82) is 5.26 Å². The second kappa shape index (κ2) is 7.43. The van der Waals surface area contributed by atoms with Crippen molar-refractivity contribution in [3.63, 3.8) is 0 Å². The largest absolute Gasteiger partial charge is 0.377 e. The average Bonchev–Trinajstić information content (AvgIpc) is 2.56. The zero-order valence-electron chi connectivity index (χ0n) is 14.0. The van der Waals surface area contributed by atoms with E-state index >= 15 is 0 Å². The van der Waals surface area contributed by atoms with Crippen molar-refractivity contribution < 1.29 is 9.90 Å². The Balaban J connectivity index is 1.68. The first-order valence-corrected chi connectivity index (χ1v) is 8.77. The standard InChI is InChI=1S/C19H25N3O2/c20-9-10-21-11-13-22(14-12-21)15-18(23)19(24,17-7-4-8-17)16-5-2-1-3-6-16/h1-3,5-6,17,24H,4,7-8,10-15H2. The molecule has 1 N–H and O–H groups in total. The molecule has 5 nitrogen and oxygen atoms in total. The summed E-state index contributed by atoms with van der Waals surface area (Å²) in [4.78, 5) is 17.2. The zero-order valence-corrected chi connectivity index (χ0v) is 14.0. The van der Waals surface area contributed by atoms with Gasteiger partial charge in [-0.05, 0) is 24.3 Å². The van der Waals surface area contributed by atoms with Gasteiger partial charge in [-0.1, -0.05) is 36.8 Å². The summed E-state index contributed by atoms with van der Waals surface area (Å²) in [6, 6.07) is 11.6. The van der Waals surface area contributed by atoms with Crippen molar-refractivity contribution in [2.75, 3.05) is 39.3 Å². The van der Waals surface area contributed by atoms with Gasteiger partial charge in [0.1, 0.15) is 0 Å². The molecule has 1 aliphatic heterocycles. The molecule has 1 heterocycles. The van der Waals surface area contributed by atoms with Gasteiger partial charge in [0.2, 0.25) is 0 Å². The lowest BCUT2D eigenvalue weighted by Gasteiger charge is -2.42. The monoisotopic (exact) mass is 327 g/mol.